The van der Waals surface area contributed by atoms with E-state index in [4.69, 9.17) is 0 Å². The van der Waals surface area contributed by atoms with Crippen LogP contribution < -0.4 is 5.32 Å². The molecule has 0 aliphatic heterocycles. The van der Waals surface area contributed by atoms with Crippen molar-refractivity contribution in [2.45, 2.75) is 85.1 Å². The molecular weight excluding hydrogens is 368 g/mol. The van der Waals surface area contributed by atoms with E-state index in [1.54, 1.807) is 0 Å². The number of amides is 1. The van der Waals surface area contributed by atoms with Gasteiger partial charge in [0.25, 0.3) is 5.91 Å². The highest BCUT2D eigenvalue weighted by Crippen LogP contribution is 2.44. The van der Waals surface area contributed by atoms with Gasteiger partial charge in [0.15, 0.2) is 0 Å². The van der Waals surface area contributed by atoms with Gasteiger partial charge in [0.2, 0.25) is 0 Å². The maximum Gasteiger partial charge on any atom is 0.252 e. The average molecular weight is 407 g/mol. The predicted molar refractivity (Wildman–Crippen MR) is 125 cm³/mol. The smallest absolute Gasteiger partial charge is 0.252 e. The van der Waals surface area contributed by atoms with E-state index in [1.165, 1.54) is 30.4 Å². The number of nitrogens with zero attached hydrogens (tertiary/aromatic N) is 1. The Balaban J connectivity index is 1.81. The highest BCUT2D eigenvalue weighted by atomic mass is 16.1. The molecule has 1 unspecified atom stereocenters. The van der Waals surface area contributed by atoms with Gasteiger partial charge in [0, 0.05) is 11.8 Å². The van der Waals surface area contributed by atoms with Gasteiger partial charge in [0.05, 0.1) is 11.2 Å². The van der Waals surface area contributed by atoms with Crippen molar-refractivity contribution < 1.29 is 4.79 Å². The van der Waals surface area contributed by atoms with E-state index >= 15 is 0 Å². The van der Waals surface area contributed by atoms with Crippen LogP contribution in [0.15, 0.2) is 42.6 Å². The number of hydrogen-bond acceptors (Lipinski definition) is 2. The molecule has 1 aliphatic carbocycles. The molecule has 1 N–H and O–H groups in total. The largest absolute Gasteiger partial charge is 0.341 e. The van der Waals surface area contributed by atoms with Crippen molar-refractivity contribution in [2.24, 2.45) is 11.3 Å². The molecule has 1 fully saturated rings. The summed E-state index contributed by atoms with van der Waals surface area (Å²) in [6.07, 6.45) is 9.27. The van der Waals surface area contributed by atoms with Gasteiger partial charge in [-0.1, -0.05) is 59.2 Å². The Labute approximate surface area is 182 Å². The van der Waals surface area contributed by atoms with Crippen LogP contribution in [0, 0.1) is 11.3 Å². The van der Waals surface area contributed by atoms with E-state index in [0.29, 0.717) is 11.3 Å². The number of nitrogens with one attached hydrogen (secondary N) is 1. The number of pyridine rings is 1. The third kappa shape index (κ3) is 5.30. The zero-order valence-corrected chi connectivity index (χ0v) is 19.4. The van der Waals surface area contributed by atoms with Crippen LogP contribution in [0.25, 0.3) is 0 Å². The van der Waals surface area contributed by atoms with Crippen molar-refractivity contribution in [3.8, 4) is 0 Å². The number of carbonyl (C=O) groups excluding carboxylic acids is 1. The molecule has 0 spiro atoms. The minimum atomic E-state index is -0.285. The quantitative estimate of drug-likeness (QED) is 0.492. The van der Waals surface area contributed by atoms with Gasteiger partial charge in [0.1, 0.15) is 0 Å². The Morgan fingerprint density at radius 2 is 1.93 bits per heavy atom. The maximum absolute atomic E-state index is 13.4. The zero-order valence-electron chi connectivity index (χ0n) is 19.4. The Hall–Kier alpha value is -2.16. The second-order valence-electron chi connectivity index (χ2n) is 9.98. The summed E-state index contributed by atoms with van der Waals surface area (Å²) < 4.78 is 0. The van der Waals surface area contributed by atoms with Crippen LogP contribution in [0.3, 0.4) is 0 Å². The summed E-state index contributed by atoms with van der Waals surface area (Å²) in [6, 6.07) is 12.2. The Kier molecular flexibility index (Phi) is 7.00. The SMILES string of the molecule is CCCC(C)(C)CC(C)Cc1c(CC)cccc1C(=O)NC1(c2ccccn2)CC1. The molecular formula is C27H38N2O. The molecule has 1 aromatic heterocycles. The summed E-state index contributed by atoms with van der Waals surface area (Å²) in [5.41, 5.74) is 4.40. The fraction of sp³-hybridized carbons (Fsp3) is 0.556. The number of benzene rings is 1. The Bertz CT molecular complexity index is 852. The zero-order chi connectivity index (χ0) is 21.8. The van der Waals surface area contributed by atoms with E-state index in [2.05, 4.69) is 51.0 Å². The van der Waals surface area contributed by atoms with Gasteiger partial charge in [-0.2, -0.15) is 0 Å². The van der Waals surface area contributed by atoms with Gasteiger partial charge in [-0.05, 0) is 79.2 Å². The molecule has 1 aromatic carbocycles. The van der Waals surface area contributed by atoms with Crippen LogP contribution in [0.5, 0.6) is 0 Å². The first kappa shape index (κ1) is 22.5. The van der Waals surface area contributed by atoms with Gasteiger partial charge < -0.3 is 5.32 Å². The fourth-order valence-corrected chi connectivity index (χ4v) is 5.06. The number of aromatic nitrogens is 1. The van der Waals surface area contributed by atoms with Gasteiger partial charge >= 0.3 is 0 Å². The summed E-state index contributed by atoms with van der Waals surface area (Å²) in [5, 5.41) is 3.33. The second-order valence-corrected chi connectivity index (χ2v) is 9.98. The molecule has 1 saturated carbocycles. The molecule has 3 nitrogen and oxygen atoms in total. The molecule has 1 aliphatic rings. The second kappa shape index (κ2) is 9.32. The lowest BCUT2D eigenvalue weighted by molar-refractivity contribution is 0.0928. The summed E-state index contributed by atoms with van der Waals surface area (Å²) in [5.74, 6) is 0.583. The molecule has 0 radical (unpaired) electrons. The lowest BCUT2D eigenvalue weighted by Gasteiger charge is -2.29. The lowest BCUT2D eigenvalue weighted by atomic mass is 9.77. The first-order chi connectivity index (χ1) is 14.3. The molecule has 162 valence electrons. The summed E-state index contributed by atoms with van der Waals surface area (Å²) in [4.78, 5) is 17.9. The van der Waals surface area contributed by atoms with Gasteiger partial charge in [-0.15, -0.1) is 0 Å². The first-order valence-electron chi connectivity index (χ1n) is 11.6. The average Bonchev–Trinajstić information content (AvgIpc) is 3.48. The molecule has 1 heterocycles. The van der Waals surface area contributed by atoms with E-state index < -0.39 is 0 Å². The lowest BCUT2D eigenvalue weighted by Crippen LogP contribution is -2.36. The Morgan fingerprint density at radius 3 is 2.53 bits per heavy atom. The third-order valence-electron chi connectivity index (χ3n) is 6.54. The molecule has 2 aromatic rings. The van der Waals surface area contributed by atoms with E-state index in [1.807, 2.05) is 36.5 Å². The van der Waals surface area contributed by atoms with E-state index in [-0.39, 0.29) is 11.4 Å². The predicted octanol–water partition coefficient (Wildman–Crippen LogP) is 6.46. The molecule has 1 amide bonds. The molecule has 0 saturated heterocycles. The van der Waals surface area contributed by atoms with Crippen LogP contribution in [-0.4, -0.2) is 10.9 Å². The van der Waals surface area contributed by atoms with E-state index in [9.17, 15) is 4.79 Å². The van der Waals surface area contributed by atoms with Crippen molar-refractivity contribution in [2.75, 3.05) is 0 Å². The molecule has 30 heavy (non-hydrogen) atoms. The van der Waals surface area contributed by atoms with Crippen molar-refractivity contribution >= 4 is 5.91 Å². The summed E-state index contributed by atoms with van der Waals surface area (Å²) >= 11 is 0. The van der Waals surface area contributed by atoms with E-state index in [0.717, 1.165) is 36.9 Å². The maximum atomic E-state index is 13.4. The summed E-state index contributed by atoms with van der Waals surface area (Å²) in [7, 11) is 0. The standard InChI is InChI=1S/C27H38N2O/c1-6-14-26(4,5)19-20(3)18-23-21(7-2)11-10-12-22(23)25(30)29-27(15-16-27)24-13-8-9-17-28-24/h8-13,17,20H,6-7,14-16,18-19H2,1-5H3,(H,29,30). The molecule has 3 rings (SSSR count). The number of rotatable bonds is 10. The highest BCUT2D eigenvalue weighted by molar-refractivity contribution is 5.96. The molecule has 1 atom stereocenters. The van der Waals surface area contributed by atoms with Gasteiger partial charge in [-0.3, -0.25) is 9.78 Å². The topological polar surface area (TPSA) is 42.0 Å². The first-order valence-corrected chi connectivity index (χ1v) is 11.6. The molecule has 3 heteroatoms. The van der Waals surface area contributed by atoms with Crippen molar-refractivity contribution in [1.82, 2.24) is 10.3 Å². The monoisotopic (exact) mass is 406 g/mol. The van der Waals surface area contributed by atoms with Crippen LogP contribution in [0.2, 0.25) is 0 Å². The number of carbonyl (C=O) groups is 1. The number of hydrogen-bond donors (Lipinski definition) is 1. The minimum Gasteiger partial charge on any atom is -0.341 e. The van der Waals surface area contributed by atoms with Crippen molar-refractivity contribution in [3.05, 3.63) is 65.0 Å². The molecule has 0 bridgehead atoms. The fourth-order valence-electron chi connectivity index (χ4n) is 5.06. The number of aryl methyl sites for hydroxylation is 1. The van der Waals surface area contributed by atoms with Crippen LogP contribution in [-0.2, 0) is 18.4 Å². The van der Waals surface area contributed by atoms with Crippen LogP contribution in [0.4, 0.5) is 0 Å². The van der Waals surface area contributed by atoms with Crippen LogP contribution in [0.1, 0.15) is 93.9 Å². The van der Waals surface area contributed by atoms with Crippen molar-refractivity contribution in [1.29, 1.82) is 0 Å². The normalized spacial score (nSPS) is 16.2. The Morgan fingerprint density at radius 1 is 1.17 bits per heavy atom. The summed E-state index contributed by atoms with van der Waals surface area (Å²) in [6.45, 7) is 11.5. The third-order valence-corrected chi connectivity index (χ3v) is 6.54. The highest BCUT2D eigenvalue weighted by Gasteiger charge is 2.47. The van der Waals surface area contributed by atoms with Gasteiger partial charge in [-0.25, -0.2) is 0 Å². The van der Waals surface area contributed by atoms with Crippen molar-refractivity contribution in [3.63, 3.8) is 0 Å². The minimum absolute atomic E-state index is 0.0449. The van der Waals surface area contributed by atoms with Crippen LogP contribution >= 0.6 is 0 Å².